The van der Waals surface area contributed by atoms with Crippen LogP contribution in [0.25, 0.3) is 10.1 Å². The Morgan fingerprint density at radius 3 is 2.78 bits per heavy atom. The highest BCUT2D eigenvalue weighted by molar-refractivity contribution is 7.17. The van der Waals surface area contributed by atoms with Gasteiger partial charge in [-0.3, -0.25) is 0 Å². The summed E-state index contributed by atoms with van der Waals surface area (Å²) in [6, 6.07) is 8.79. The molecule has 0 saturated carbocycles. The molecule has 0 aliphatic carbocycles. The van der Waals surface area contributed by atoms with Crippen molar-refractivity contribution >= 4 is 27.1 Å². The first-order chi connectivity index (χ1) is 8.62. The van der Waals surface area contributed by atoms with Crippen LogP contribution in [0, 0.1) is 0 Å². The Balaban J connectivity index is 1.69. The summed E-state index contributed by atoms with van der Waals surface area (Å²) < 4.78 is 12.6. The van der Waals surface area contributed by atoms with E-state index in [4.69, 9.17) is 9.47 Å². The van der Waals surface area contributed by atoms with Gasteiger partial charge in [-0.15, -0.1) is 11.3 Å². The topological polar surface area (TPSA) is 30.5 Å². The molecule has 0 amide bonds. The van der Waals surface area contributed by atoms with Crippen molar-refractivity contribution in [2.45, 2.75) is 25.7 Å². The average molecular weight is 263 g/mol. The molecular weight excluding hydrogens is 246 g/mol. The molecule has 4 heteroatoms. The molecule has 2 aromatic rings. The van der Waals surface area contributed by atoms with Gasteiger partial charge in [0.15, 0.2) is 5.79 Å². The number of ether oxygens (including phenoxy) is 2. The van der Waals surface area contributed by atoms with Crippen molar-refractivity contribution in [1.82, 2.24) is 0 Å². The van der Waals surface area contributed by atoms with E-state index in [0.717, 1.165) is 5.69 Å². The molecule has 0 spiro atoms. The largest absolute Gasteiger partial charge is 0.378 e. The SMILES string of the molecule is CC1(C)OCC(Nc2ccc3sccc3c2)CO1. The normalized spacial score (nSPS) is 20.1. The molecule has 0 atom stereocenters. The summed E-state index contributed by atoms with van der Waals surface area (Å²) >= 11 is 1.76. The predicted molar refractivity (Wildman–Crippen MR) is 75.2 cm³/mol. The first-order valence-electron chi connectivity index (χ1n) is 6.14. The van der Waals surface area contributed by atoms with Gasteiger partial charge in [0, 0.05) is 10.4 Å². The van der Waals surface area contributed by atoms with Crippen molar-refractivity contribution in [3.63, 3.8) is 0 Å². The van der Waals surface area contributed by atoms with Crippen molar-refractivity contribution in [3.05, 3.63) is 29.6 Å². The Morgan fingerprint density at radius 1 is 1.22 bits per heavy atom. The van der Waals surface area contributed by atoms with Gasteiger partial charge in [0.2, 0.25) is 0 Å². The highest BCUT2D eigenvalue weighted by Crippen LogP contribution is 2.25. The lowest BCUT2D eigenvalue weighted by atomic mass is 10.2. The lowest BCUT2D eigenvalue weighted by Gasteiger charge is -2.35. The smallest absolute Gasteiger partial charge is 0.162 e. The summed E-state index contributed by atoms with van der Waals surface area (Å²) in [6.07, 6.45) is 0. The molecule has 3 rings (SSSR count). The summed E-state index contributed by atoms with van der Waals surface area (Å²) in [4.78, 5) is 0. The van der Waals surface area contributed by atoms with E-state index in [1.54, 1.807) is 11.3 Å². The van der Waals surface area contributed by atoms with Gasteiger partial charge in [0.25, 0.3) is 0 Å². The number of hydrogen-bond acceptors (Lipinski definition) is 4. The third kappa shape index (κ3) is 2.51. The Hall–Kier alpha value is -1.10. The van der Waals surface area contributed by atoms with Crippen LogP contribution in [0.15, 0.2) is 29.6 Å². The van der Waals surface area contributed by atoms with Gasteiger partial charge in [-0.25, -0.2) is 0 Å². The number of rotatable bonds is 2. The van der Waals surface area contributed by atoms with E-state index < -0.39 is 5.79 Å². The lowest BCUT2D eigenvalue weighted by Crippen LogP contribution is -2.45. The van der Waals surface area contributed by atoms with Crippen LogP contribution in [0.3, 0.4) is 0 Å². The second-order valence-corrected chi connectivity index (χ2v) is 5.98. The van der Waals surface area contributed by atoms with Crippen LogP contribution in [-0.2, 0) is 9.47 Å². The molecule has 2 heterocycles. The molecule has 1 N–H and O–H groups in total. The van der Waals surface area contributed by atoms with Crippen LogP contribution in [0.5, 0.6) is 0 Å². The minimum Gasteiger partial charge on any atom is -0.378 e. The van der Waals surface area contributed by atoms with Gasteiger partial charge in [-0.1, -0.05) is 0 Å². The van der Waals surface area contributed by atoms with Gasteiger partial charge in [-0.05, 0) is 48.9 Å². The molecule has 18 heavy (non-hydrogen) atoms. The van der Waals surface area contributed by atoms with E-state index in [1.165, 1.54) is 10.1 Å². The fraction of sp³-hybridized carbons (Fsp3) is 0.429. The van der Waals surface area contributed by atoms with Crippen molar-refractivity contribution in [3.8, 4) is 0 Å². The standard InChI is InChI=1S/C14H17NO2S/c1-14(2)16-8-12(9-17-14)15-11-3-4-13-10(7-11)5-6-18-13/h3-7,12,15H,8-9H2,1-2H3. The predicted octanol–water partition coefficient (Wildman–Crippen LogP) is 3.46. The van der Waals surface area contributed by atoms with Crippen LogP contribution < -0.4 is 5.32 Å². The first kappa shape index (κ1) is 12.0. The molecule has 1 saturated heterocycles. The van der Waals surface area contributed by atoms with E-state index >= 15 is 0 Å². The van der Waals surface area contributed by atoms with Crippen LogP contribution in [0.2, 0.25) is 0 Å². The summed E-state index contributed by atoms with van der Waals surface area (Å²) in [7, 11) is 0. The molecular formula is C14H17NO2S. The van der Waals surface area contributed by atoms with E-state index in [9.17, 15) is 0 Å². The molecule has 1 aliphatic rings. The van der Waals surface area contributed by atoms with E-state index in [-0.39, 0.29) is 6.04 Å². The maximum absolute atomic E-state index is 5.64. The Labute approximate surface area is 111 Å². The molecule has 0 unspecified atom stereocenters. The summed E-state index contributed by atoms with van der Waals surface area (Å²) in [5, 5.41) is 6.85. The molecule has 0 bridgehead atoms. The number of fused-ring (bicyclic) bond motifs is 1. The Bertz CT molecular complexity index is 539. The van der Waals surface area contributed by atoms with Gasteiger partial charge in [0.05, 0.1) is 19.3 Å². The quantitative estimate of drug-likeness (QED) is 0.900. The van der Waals surface area contributed by atoms with Crippen molar-refractivity contribution in [2.24, 2.45) is 0 Å². The molecule has 0 radical (unpaired) electrons. The zero-order valence-corrected chi connectivity index (χ0v) is 11.4. The third-order valence-electron chi connectivity index (χ3n) is 3.09. The van der Waals surface area contributed by atoms with Crippen molar-refractivity contribution in [2.75, 3.05) is 18.5 Å². The zero-order chi connectivity index (χ0) is 12.6. The number of anilines is 1. The number of nitrogens with one attached hydrogen (secondary N) is 1. The maximum Gasteiger partial charge on any atom is 0.162 e. The monoisotopic (exact) mass is 263 g/mol. The highest BCUT2D eigenvalue weighted by Gasteiger charge is 2.28. The van der Waals surface area contributed by atoms with Crippen LogP contribution in [-0.4, -0.2) is 25.0 Å². The maximum atomic E-state index is 5.64. The summed E-state index contributed by atoms with van der Waals surface area (Å²) in [5.74, 6) is -0.449. The number of hydrogen-bond donors (Lipinski definition) is 1. The lowest BCUT2D eigenvalue weighted by molar-refractivity contribution is -0.247. The molecule has 1 aliphatic heterocycles. The molecule has 1 fully saturated rings. The number of thiophene rings is 1. The summed E-state index contributed by atoms with van der Waals surface area (Å²) in [6.45, 7) is 5.24. The minimum absolute atomic E-state index is 0.217. The van der Waals surface area contributed by atoms with Gasteiger partial charge in [0.1, 0.15) is 0 Å². The van der Waals surface area contributed by atoms with E-state index in [0.29, 0.717) is 13.2 Å². The zero-order valence-electron chi connectivity index (χ0n) is 10.6. The van der Waals surface area contributed by atoms with Gasteiger partial charge in [-0.2, -0.15) is 0 Å². The van der Waals surface area contributed by atoms with Crippen LogP contribution in [0.4, 0.5) is 5.69 Å². The second kappa shape index (κ2) is 4.53. The van der Waals surface area contributed by atoms with E-state index in [1.807, 2.05) is 13.8 Å². The fourth-order valence-corrected chi connectivity index (χ4v) is 2.84. The number of benzene rings is 1. The fourth-order valence-electron chi connectivity index (χ4n) is 2.07. The molecule has 3 nitrogen and oxygen atoms in total. The second-order valence-electron chi connectivity index (χ2n) is 5.04. The molecule has 1 aromatic carbocycles. The minimum atomic E-state index is -0.449. The Kier molecular flexibility index (Phi) is 3.01. The van der Waals surface area contributed by atoms with Gasteiger partial charge < -0.3 is 14.8 Å². The molecule has 1 aromatic heterocycles. The molecule has 96 valence electrons. The van der Waals surface area contributed by atoms with Gasteiger partial charge >= 0.3 is 0 Å². The third-order valence-corrected chi connectivity index (χ3v) is 3.99. The van der Waals surface area contributed by atoms with Crippen LogP contribution >= 0.6 is 11.3 Å². The Morgan fingerprint density at radius 2 is 2.00 bits per heavy atom. The van der Waals surface area contributed by atoms with Crippen LogP contribution in [0.1, 0.15) is 13.8 Å². The average Bonchev–Trinajstić information content (AvgIpc) is 2.79. The van der Waals surface area contributed by atoms with Crippen molar-refractivity contribution < 1.29 is 9.47 Å². The highest BCUT2D eigenvalue weighted by atomic mass is 32.1. The summed E-state index contributed by atoms with van der Waals surface area (Å²) in [5.41, 5.74) is 1.12. The first-order valence-corrected chi connectivity index (χ1v) is 7.02. The van der Waals surface area contributed by atoms with Crippen molar-refractivity contribution in [1.29, 1.82) is 0 Å². The van der Waals surface area contributed by atoms with E-state index in [2.05, 4.69) is 35.0 Å².